The van der Waals surface area contributed by atoms with Crippen LogP contribution in [0.3, 0.4) is 0 Å². The van der Waals surface area contributed by atoms with Gasteiger partial charge in [-0.05, 0) is 32.4 Å². The minimum atomic E-state index is -0.132. The molecule has 1 aromatic rings. The van der Waals surface area contributed by atoms with Crippen LogP contribution in [-0.2, 0) is 16.1 Å². The number of methoxy groups -OCH3 is 1. The quantitative estimate of drug-likeness (QED) is 0.626. The first-order valence-electron chi connectivity index (χ1n) is 6.38. The average Bonchev–Trinajstić information content (AvgIpc) is 2.37. The Hall–Kier alpha value is -1.20. The third kappa shape index (κ3) is 3.88. The number of likely N-dealkylation sites (tertiary alicyclic amines) is 1. The number of ether oxygens (including phenoxy) is 1. The van der Waals surface area contributed by atoms with E-state index in [1.807, 2.05) is 6.92 Å². The maximum Gasteiger partial charge on any atom is 0.309 e. The minimum Gasteiger partial charge on any atom is -0.469 e. The van der Waals surface area contributed by atoms with E-state index in [-0.39, 0.29) is 11.9 Å². The number of rotatable bonds is 3. The molecule has 1 aromatic heterocycles. The molecule has 0 radical (unpaired) electrons. The van der Waals surface area contributed by atoms with Gasteiger partial charge in [-0.25, -0.2) is 9.97 Å². The van der Waals surface area contributed by atoms with Crippen LogP contribution < -0.4 is 0 Å². The van der Waals surface area contributed by atoms with Gasteiger partial charge in [-0.3, -0.25) is 9.69 Å². The fourth-order valence-electron chi connectivity index (χ4n) is 2.42. The normalized spacial score (nSPS) is 20.3. The highest BCUT2D eigenvalue weighted by molar-refractivity contribution is 6.29. The van der Waals surface area contributed by atoms with Crippen molar-refractivity contribution in [2.75, 3.05) is 20.2 Å². The van der Waals surface area contributed by atoms with Crippen molar-refractivity contribution >= 4 is 17.6 Å². The summed E-state index contributed by atoms with van der Waals surface area (Å²) in [5.74, 6) is 0.530. The average molecular weight is 284 g/mol. The molecule has 0 N–H and O–H groups in total. The highest BCUT2D eigenvalue weighted by atomic mass is 35.5. The molecule has 1 aliphatic heterocycles. The summed E-state index contributed by atoms with van der Waals surface area (Å²) in [6, 6.07) is 1.73. The Balaban J connectivity index is 2.00. The lowest BCUT2D eigenvalue weighted by Crippen LogP contribution is -2.39. The second kappa shape index (κ2) is 6.30. The Morgan fingerprint density at radius 2 is 2.37 bits per heavy atom. The zero-order valence-electron chi connectivity index (χ0n) is 11.2. The van der Waals surface area contributed by atoms with Gasteiger partial charge in [0.05, 0.1) is 19.6 Å². The molecular formula is C13H18ClN3O2. The summed E-state index contributed by atoms with van der Waals surface area (Å²) in [6.45, 7) is 4.16. The van der Waals surface area contributed by atoms with Crippen LogP contribution in [-0.4, -0.2) is 41.0 Å². The van der Waals surface area contributed by atoms with Crippen molar-refractivity contribution in [3.63, 3.8) is 0 Å². The minimum absolute atomic E-state index is 0.0426. The number of carbonyl (C=O) groups excluding carboxylic acids is 1. The number of esters is 1. The summed E-state index contributed by atoms with van der Waals surface area (Å²) in [4.78, 5) is 22.3. The van der Waals surface area contributed by atoms with Crippen LogP contribution in [0, 0.1) is 12.8 Å². The number of piperidine rings is 1. The van der Waals surface area contributed by atoms with Gasteiger partial charge in [0.15, 0.2) is 0 Å². The third-order valence-electron chi connectivity index (χ3n) is 3.27. The first-order chi connectivity index (χ1) is 9.08. The van der Waals surface area contributed by atoms with Crippen LogP contribution in [0.4, 0.5) is 0 Å². The van der Waals surface area contributed by atoms with Gasteiger partial charge in [-0.1, -0.05) is 11.6 Å². The monoisotopic (exact) mass is 283 g/mol. The molecule has 0 bridgehead atoms. The molecule has 0 amide bonds. The molecular weight excluding hydrogens is 266 g/mol. The van der Waals surface area contributed by atoms with Crippen LogP contribution in [0.15, 0.2) is 6.07 Å². The number of aryl methyl sites for hydroxylation is 1. The van der Waals surface area contributed by atoms with E-state index >= 15 is 0 Å². The molecule has 0 unspecified atom stereocenters. The second-order valence-corrected chi connectivity index (χ2v) is 5.23. The van der Waals surface area contributed by atoms with Crippen molar-refractivity contribution in [3.8, 4) is 0 Å². The van der Waals surface area contributed by atoms with Crippen molar-refractivity contribution in [3.05, 3.63) is 22.7 Å². The number of hydrogen-bond donors (Lipinski definition) is 0. The molecule has 5 nitrogen and oxygen atoms in total. The molecule has 0 spiro atoms. The lowest BCUT2D eigenvalue weighted by Gasteiger charge is -2.30. The van der Waals surface area contributed by atoms with Gasteiger partial charge in [0.2, 0.25) is 0 Å². The van der Waals surface area contributed by atoms with Crippen LogP contribution in [0.5, 0.6) is 0 Å². The molecule has 6 heteroatoms. The largest absolute Gasteiger partial charge is 0.469 e. The van der Waals surface area contributed by atoms with Crippen LogP contribution in [0.2, 0.25) is 5.15 Å². The van der Waals surface area contributed by atoms with E-state index in [0.29, 0.717) is 24.1 Å². The van der Waals surface area contributed by atoms with Gasteiger partial charge in [-0.2, -0.15) is 0 Å². The number of halogens is 1. The Bertz CT molecular complexity index is 447. The van der Waals surface area contributed by atoms with E-state index in [1.165, 1.54) is 7.11 Å². The number of hydrogen-bond acceptors (Lipinski definition) is 5. The van der Waals surface area contributed by atoms with E-state index in [2.05, 4.69) is 14.9 Å². The maximum absolute atomic E-state index is 11.6. The Morgan fingerprint density at radius 3 is 3.05 bits per heavy atom. The lowest BCUT2D eigenvalue weighted by atomic mass is 9.98. The fourth-order valence-corrected chi connectivity index (χ4v) is 2.67. The summed E-state index contributed by atoms with van der Waals surface area (Å²) in [7, 11) is 1.44. The summed E-state index contributed by atoms with van der Waals surface area (Å²) < 4.78 is 4.81. The van der Waals surface area contributed by atoms with Crippen molar-refractivity contribution in [2.45, 2.75) is 26.3 Å². The smallest absolute Gasteiger partial charge is 0.309 e. The third-order valence-corrected chi connectivity index (χ3v) is 3.47. The fraction of sp³-hybridized carbons (Fsp3) is 0.615. The van der Waals surface area contributed by atoms with Crippen LogP contribution in [0.25, 0.3) is 0 Å². The van der Waals surface area contributed by atoms with E-state index in [4.69, 9.17) is 16.3 Å². The molecule has 1 aliphatic rings. The predicted octanol–water partition coefficient (Wildman–Crippen LogP) is 1.82. The van der Waals surface area contributed by atoms with E-state index in [0.717, 1.165) is 25.1 Å². The van der Waals surface area contributed by atoms with Gasteiger partial charge in [0, 0.05) is 12.2 Å². The summed E-state index contributed by atoms with van der Waals surface area (Å²) in [6.07, 6.45) is 1.87. The molecule has 1 saturated heterocycles. The highest BCUT2D eigenvalue weighted by Gasteiger charge is 2.26. The number of nitrogens with zero attached hydrogens (tertiary/aromatic N) is 3. The Morgan fingerprint density at radius 1 is 1.58 bits per heavy atom. The molecule has 19 heavy (non-hydrogen) atoms. The highest BCUT2D eigenvalue weighted by Crippen LogP contribution is 2.19. The molecule has 2 rings (SSSR count). The topological polar surface area (TPSA) is 55.3 Å². The second-order valence-electron chi connectivity index (χ2n) is 4.85. The van der Waals surface area contributed by atoms with Gasteiger partial charge in [0.25, 0.3) is 0 Å². The standard InChI is InChI=1S/C13H18ClN3O2/c1-9-6-11(14)16-12(15-9)8-17-5-3-4-10(7-17)13(18)19-2/h6,10H,3-5,7-8H2,1-2H3/t10-/m0/s1. The van der Waals surface area contributed by atoms with Gasteiger partial charge >= 0.3 is 5.97 Å². The molecule has 104 valence electrons. The number of aromatic nitrogens is 2. The first kappa shape index (κ1) is 14.2. The number of carbonyl (C=O) groups is 1. The van der Waals surface area contributed by atoms with E-state index < -0.39 is 0 Å². The SMILES string of the molecule is COC(=O)[C@H]1CCCN(Cc2nc(C)cc(Cl)n2)C1. The summed E-state index contributed by atoms with van der Waals surface area (Å²) in [5, 5.41) is 0.462. The summed E-state index contributed by atoms with van der Waals surface area (Å²) >= 11 is 5.93. The zero-order valence-corrected chi connectivity index (χ0v) is 12.0. The van der Waals surface area contributed by atoms with E-state index in [9.17, 15) is 4.79 Å². The molecule has 0 aliphatic carbocycles. The molecule has 0 saturated carbocycles. The molecule has 1 atom stereocenters. The van der Waals surface area contributed by atoms with Gasteiger partial charge in [-0.15, -0.1) is 0 Å². The first-order valence-corrected chi connectivity index (χ1v) is 6.76. The maximum atomic E-state index is 11.6. The molecule has 0 aromatic carbocycles. The zero-order chi connectivity index (χ0) is 13.8. The van der Waals surface area contributed by atoms with Gasteiger partial charge < -0.3 is 4.74 Å². The summed E-state index contributed by atoms with van der Waals surface area (Å²) in [5.41, 5.74) is 0.858. The van der Waals surface area contributed by atoms with Crippen molar-refractivity contribution < 1.29 is 9.53 Å². The van der Waals surface area contributed by atoms with Crippen molar-refractivity contribution in [1.82, 2.24) is 14.9 Å². The molecule has 2 heterocycles. The Labute approximate surface area is 117 Å². The van der Waals surface area contributed by atoms with Crippen LogP contribution >= 0.6 is 11.6 Å². The van der Waals surface area contributed by atoms with Crippen molar-refractivity contribution in [2.24, 2.45) is 5.92 Å². The molecule has 1 fully saturated rings. The Kier molecular flexibility index (Phi) is 4.71. The van der Waals surface area contributed by atoms with E-state index in [1.54, 1.807) is 6.07 Å². The lowest BCUT2D eigenvalue weighted by molar-refractivity contribution is -0.147. The predicted molar refractivity (Wildman–Crippen MR) is 71.8 cm³/mol. The van der Waals surface area contributed by atoms with Gasteiger partial charge in [0.1, 0.15) is 11.0 Å². The van der Waals surface area contributed by atoms with Crippen molar-refractivity contribution in [1.29, 1.82) is 0 Å². The van der Waals surface area contributed by atoms with Crippen LogP contribution in [0.1, 0.15) is 24.4 Å².